The molecule has 0 aromatic rings. The monoisotopic (exact) mass is 254 g/mol. The average molecular weight is 254 g/mol. The molecule has 2 nitrogen and oxygen atoms in total. The lowest BCUT2D eigenvalue weighted by Crippen LogP contribution is -2.30. The van der Waals surface area contributed by atoms with Crippen molar-refractivity contribution >= 4 is 0 Å². The molecule has 1 aliphatic rings. The van der Waals surface area contributed by atoms with Crippen molar-refractivity contribution in [3.8, 4) is 0 Å². The average Bonchev–Trinajstić information content (AvgIpc) is 2.82. The van der Waals surface area contributed by atoms with E-state index in [1.807, 2.05) is 0 Å². The smallest absolute Gasteiger partial charge is 0.00649 e. The molecule has 0 aromatic carbocycles. The normalized spacial score (nSPS) is 22.5. The number of hydrogen-bond donors (Lipinski definition) is 1. The van der Waals surface area contributed by atoms with Crippen molar-refractivity contribution in [3.63, 3.8) is 0 Å². The third-order valence-electron chi connectivity index (χ3n) is 4.27. The fraction of sp³-hybridized carbons (Fsp3) is 1.00. The topological polar surface area (TPSA) is 15.3 Å². The molecule has 1 fully saturated rings. The molecule has 0 bridgehead atoms. The summed E-state index contributed by atoms with van der Waals surface area (Å²) < 4.78 is 0. The minimum atomic E-state index is 0.749. The lowest BCUT2D eigenvalue weighted by atomic mass is 10.0. The third kappa shape index (κ3) is 6.19. The Morgan fingerprint density at radius 1 is 1.22 bits per heavy atom. The van der Waals surface area contributed by atoms with Crippen molar-refractivity contribution in [2.45, 2.75) is 71.8 Å². The molecule has 1 heterocycles. The van der Waals surface area contributed by atoms with Gasteiger partial charge in [0.15, 0.2) is 0 Å². The lowest BCUT2D eigenvalue weighted by Gasteiger charge is -2.19. The van der Waals surface area contributed by atoms with E-state index in [0.29, 0.717) is 0 Å². The molecule has 2 unspecified atom stereocenters. The minimum absolute atomic E-state index is 0.749. The molecule has 0 aliphatic carbocycles. The number of nitrogens with zero attached hydrogens (tertiary/aromatic N) is 1. The van der Waals surface area contributed by atoms with E-state index >= 15 is 0 Å². The molecule has 0 spiro atoms. The van der Waals surface area contributed by atoms with Crippen LogP contribution in [0.4, 0.5) is 0 Å². The zero-order valence-corrected chi connectivity index (χ0v) is 12.9. The highest BCUT2D eigenvalue weighted by Crippen LogP contribution is 2.21. The second-order valence-corrected chi connectivity index (χ2v) is 5.95. The highest BCUT2D eigenvalue weighted by atomic mass is 15.1. The molecule has 108 valence electrons. The second kappa shape index (κ2) is 9.80. The molecule has 0 radical (unpaired) electrons. The predicted octanol–water partition coefficient (Wildman–Crippen LogP) is 3.67. The molecule has 1 saturated heterocycles. The Hall–Kier alpha value is -0.0800. The van der Waals surface area contributed by atoms with Gasteiger partial charge in [-0.05, 0) is 64.1 Å². The summed E-state index contributed by atoms with van der Waals surface area (Å²) in [5, 5.41) is 3.66. The van der Waals surface area contributed by atoms with Crippen LogP contribution in [0.5, 0.6) is 0 Å². The van der Waals surface area contributed by atoms with Crippen LogP contribution < -0.4 is 5.32 Å². The Morgan fingerprint density at radius 3 is 2.72 bits per heavy atom. The summed E-state index contributed by atoms with van der Waals surface area (Å²) in [6, 6.07) is 0.749. The van der Waals surface area contributed by atoms with Crippen molar-refractivity contribution in [2.24, 2.45) is 5.92 Å². The SMILES string of the molecule is CCCNC(CC)CCCN1CCC(CCC)C1. The van der Waals surface area contributed by atoms with Gasteiger partial charge in [-0.1, -0.05) is 27.2 Å². The van der Waals surface area contributed by atoms with E-state index in [9.17, 15) is 0 Å². The number of likely N-dealkylation sites (tertiary alicyclic amines) is 1. The fourth-order valence-electron chi connectivity index (χ4n) is 3.12. The molecule has 1 aliphatic heterocycles. The first-order valence-corrected chi connectivity index (χ1v) is 8.25. The molecule has 0 aromatic heterocycles. The van der Waals surface area contributed by atoms with E-state index in [1.165, 1.54) is 71.1 Å². The summed E-state index contributed by atoms with van der Waals surface area (Å²) >= 11 is 0. The van der Waals surface area contributed by atoms with Gasteiger partial charge >= 0.3 is 0 Å². The summed E-state index contributed by atoms with van der Waals surface area (Å²) in [5.74, 6) is 0.996. The van der Waals surface area contributed by atoms with E-state index in [2.05, 4.69) is 31.0 Å². The van der Waals surface area contributed by atoms with Gasteiger partial charge in [0, 0.05) is 12.6 Å². The Balaban J connectivity index is 2.06. The largest absolute Gasteiger partial charge is 0.314 e. The molecular formula is C16H34N2. The van der Waals surface area contributed by atoms with Crippen LogP contribution in [-0.2, 0) is 0 Å². The number of rotatable bonds is 10. The van der Waals surface area contributed by atoms with Gasteiger partial charge in [0.2, 0.25) is 0 Å². The molecule has 1 N–H and O–H groups in total. The van der Waals surface area contributed by atoms with Crippen molar-refractivity contribution in [1.82, 2.24) is 10.2 Å². The maximum absolute atomic E-state index is 3.66. The standard InChI is InChI=1S/C16H34N2/c1-4-8-15-10-13-18(14-15)12-7-9-16(6-3)17-11-5-2/h15-17H,4-14H2,1-3H3. The van der Waals surface area contributed by atoms with E-state index < -0.39 is 0 Å². The minimum Gasteiger partial charge on any atom is -0.314 e. The summed E-state index contributed by atoms with van der Waals surface area (Å²) in [5.41, 5.74) is 0. The molecule has 0 amide bonds. The van der Waals surface area contributed by atoms with Gasteiger partial charge in [-0.2, -0.15) is 0 Å². The summed E-state index contributed by atoms with van der Waals surface area (Å²) in [6.07, 6.45) is 9.49. The van der Waals surface area contributed by atoms with Crippen LogP contribution in [0.3, 0.4) is 0 Å². The van der Waals surface area contributed by atoms with Crippen LogP contribution in [0.15, 0.2) is 0 Å². The van der Waals surface area contributed by atoms with E-state index in [1.54, 1.807) is 0 Å². The van der Waals surface area contributed by atoms with Gasteiger partial charge in [-0.25, -0.2) is 0 Å². The van der Waals surface area contributed by atoms with E-state index in [0.717, 1.165) is 12.0 Å². The van der Waals surface area contributed by atoms with Crippen LogP contribution >= 0.6 is 0 Å². The summed E-state index contributed by atoms with van der Waals surface area (Å²) in [7, 11) is 0. The Morgan fingerprint density at radius 2 is 2.06 bits per heavy atom. The van der Waals surface area contributed by atoms with Gasteiger partial charge in [0.05, 0.1) is 0 Å². The first-order chi connectivity index (χ1) is 8.80. The molecular weight excluding hydrogens is 220 g/mol. The van der Waals surface area contributed by atoms with Gasteiger partial charge in [0.25, 0.3) is 0 Å². The molecule has 2 atom stereocenters. The molecule has 18 heavy (non-hydrogen) atoms. The summed E-state index contributed by atoms with van der Waals surface area (Å²) in [6.45, 7) is 12.1. The van der Waals surface area contributed by atoms with E-state index in [4.69, 9.17) is 0 Å². The third-order valence-corrected chi connectivity index (χ3v) is 4.27. The van der Waals surface area contributed by atoms with Gasteiger partial charge < -0.3 is 10.2 Å². The number of hydrogen-bond acceptors (Lipinski definition) is 2. The zero-order chi connectivity index (χ0) is 13.2. The van der Waals surface area contributed by atoms with Gasteiger partial charge in [-0.3, -0.25) is 0 Å². The van der Waals surface area contributed by atoms with Crippen LogP contribution in [0, 0.1) is 5.92 Å². The first-order valence-electron chi connectivity index (χ1n) is 8.25. The Labute approximate surface area is 115 Å². The van der Waals surface area contributed by atoms with Crippen LogP contribution in [-0.4, -0.2) is 37.1 Å². The van der Waals surface area contributed by atoms with Gasteiger partial charge in [0.1, 0.15) is 0 Å². The van der Waals surface area contributed by atoms with Crippen molar-refractivity contribution in [1.29, 1.82) is 0 Å². The highest BCUT2D eigenvalue weighted by Gasteiger charge is 2.21. The first kappa shape index (κ1) is 16.0. The van der Waals surface area contributed by atoms with E-state index in [-0.39, 0.29) is 0 Å². The van der Waals surface area contributed by atoms with Crippen molar-refractivity contribution in [2.75, 3.05) is 26.2 Å². The lowest BCUT2D eigenvalue weighted by molar-refractivity contribution is 0.302. The molecule has 1 rings (SSSR count). The highest BCUT2D eigenvalue weighted by molar-refractivity contribution is 4.76. The van der Waals surface area contributed by atoms with Crippen molar-refractivity contribution < 1.29 is 0 Å². The fourth-order valence-corrected chi connectivity index (χ4v) is 3.12. The van der Waals surface area contributed by atoms with Crippen LogP contribution in [0.25, 0.3) is 0 Å². The maximum atomic E-state index is 3.66. The van der Waals surface area contributed by atoms with Gasteiger partial charge in [-0.15, -0.1) is 0 Å². The summed E-state index contributed by atoms with van der Waals surface area (Å²) in [4.78, 5) is 2.69. The molecule has 0 saturated carbocycles. The maximum Gasteiger partial charge on any atom is 0.00649 e. The Kier molecular flexibility index (Phi) is 8.70. The quantitative estimate of drug-likeness (QED) is 0.640. The zero-order valence-electron chi connectivity index (χ0n) is 12.9. The number of nitrogens with one attached hydrogen (secondary N) is 1. The predicted molar refractivity (Wildman–Crippen MR) is 81.1 cm³/mol. The van der Waals surface area contributed by atoms with Crippen molar-refractivity contribution in [3.05, 3.63) is 0 Å². The Bertz CT molecular complexity index is 194. The second-order valence-electron chi connectivity index (χ2n) is 5.95. The van der Waals surface area contributed by atoms with Crippen LogP contribution in [0.2, 0.25) is 0 Å². The van der Waals surface area contributed by atoms with Crippen LogP contribution in [0.1, 0.15) is 65.7 Å². The molecule has 2 heteroatoms.